The Morgan fingerprint density at radius 1 is 1.18 bits per heavy atom. The first-order chi connectivity index (χ1) is 18.0. The molecule has 1 spiro atoms. The summed E-state index contributed by atoms with van der Waals surface area (Å²) in [4.78, 5) is 41.0. The summed E-state index contributed by atoms with van der Waals surface area (Å²) >= 11 is 0. The monoisotopic (exact) mass is 524 g/mol. The van der Waals surface area contributed by atoms with Crippen LogP contribution in [0.5, 0.6) is 5.75 Å². The highest BCUT2D eigenvalue weighted by Crippen LogP contribution is 2.65. The first-order valence-electron chi connectivity index (χ1n) is 12.3. The molecule has 11 nitrogen and oxygen atoms in total. The molecule has 4 aliphatic heterocycles. The predicted molar refractivity (Wildman–Crippen MR) is 131 cm³/mol. The number of piperazine rings is 1. The molecule has 0 bridgehead atoms. The molecule has 2 aromatic carbocycles. The maximum atomic E-state index is 13.0. The topological polar surface area (TPSA) is 124 Å². The van der Waals surface area contributed by atoms with Gasteiger partial charge in [0, 0.05) is 6.54 Å². The van der Waals surface area contributed by atoms with Gasteiger partial charge >= 0.3 is 18.2 Å². The van der Waals surface area contributed by atoms with E-state index < -0.39 is 47.2 Å². The predicted octanol–water partition coefficient (Wildman–Crippen LogP) is 2.92. The zero-order chi connectivity index (χ0) is 27.0. The number of hydrogen-bond donors (Lipinski definition) is 1. The molecule has 0 radical (unpaired) electrons. The molecule has 1 amide bonds. The van der Waals surface area contributed by atoms with Crippen molar-refractivity contribution in [2.24, 2.45) is 0 Å². The first-order valence-corrected chi connectivity index (χ1v) is 12.3. The van der Waals surface area contributed by atoms with Gasteiger partial charge in [0.1, 0.15) is 30.6 Å². The second kappa shape index (κ2) is 8.00. The Balaban J connectivity index is 1.45. The lowest BCUT2D eigenvalue weighted by molar-refractivity contribution is -0.130. The molecule has 4 atom stereocenters. The fourth-order valence-corrected chi connectivity index (χ4v) is 5.87. The van der Waals surface area contributed by atoms with Crippen LogP contribution >= 0.6 is 0 Å². The van der Waals surface area contributed by atoms with Crippen molar-refractivity contribution < 1.29 is 43.2 Å². The molecular weight excluding hydrogens is 496 g/mol. The minimum absolute atomic E-state index is 0.150. The third-order valence-corrected chi connectivity index (χ3v) is 7.41. The van der Waals surface area contributed by atoms with Gasteiger partial charge in [-0.15, -0.1) is 0 Å². The lowest BCUT2D eigenvalue weighted by Gasteiger charge is -2.40. The van der Waals surface area contributed by atoms with E-state index in [4.69, 9.17) is 23.7 Å². The van der Waals surface area contributed by atoms with Crippen molar-refractivity contribution in [1.82, 2.24) is 4.90 Å². The number of fused-ring (bicyclic) bond motifs is 7. The van der Waals surface area contributed by atoms with Gasteiger partial charge in [0.2, 0.25) is 11.3 Å². The van der Waals surface area contributed by atoms with E-state index in [9.17, 15) is 19.5 Å². The van der Waals surface area contributed by atoms with E-state index >= 15 is 0 Å². The Morgan fingerprint density at radius 3 is 2.55 bits per heavy atom. The van der Waals surface area contributed by atoms with Crippen LogP contribution in [0.2, 0.25) is 0 Å². The third kappa shape index (κ3) is 3.34. The molecule has 0 saturated carbocycles. The molecule has 38 heavy (non-hydrogen) atoms. The molecule has 0 aromatic heterocycles. The zero-order valence-electron chi connectivity index (χ0n) is 21.4. The number of esters is 1. The summed E-state index contributed by atoms with van der Waals surface area (Å²) in [6, 6.07) is 11.3. The smallest absolute Gasteiger partial charge is 0.488 e. The maximum absolute atomic E-state index is 13.0. The number of hydrogen-bond acceptors (Lipinski definition) is 10. The van der Waals surface area contributed by atoms with Crippen LogP contribution in [0.4, 0.5) is 15.3 Å². The van der Waals surface area contributed by atoms with Crippen LogP contribution in [0, 0.1) is 0 Å². The van der Waals surface area contributed by atoms with Crippen molar-refractivity contribution in [3.63, 3.8) is 0 Å². The largest absolute Gasteiger partial charge is 0.509 e. The number of amides is 1. The van der Waals surface area contributed by atoms with Gasteiger partial charge in [0.15, 0.2) is 0 Å². The third-order valence-electron chi connectivity index (χ3n) is 7.41. The SMILES string of the molecule is COC(=O)c1cc(OCc2ccccc2)c2c(c1)N1C[C@H]3[C@H](N3C(=O)OC(C)(C)C)[C@]1(O)[C@@]21COC(=O)O1. The molecule has 4 aliphatic rings. The van der Waals surface area contributed by atoms with Gasteiger partial charge in [-0.2, -0.15) is 0 Å². The Labute approximate surface area is 218 Å². The number of methoxy groups -OCH3 is 1. The number of carbonyl (C=O) groups excluding carboxylic acids is 3. The minimum Gasteiger partial charge on any atom is -0.488 e. The quantitative estimate of drug-likeness (QED) is 0.363. The highest BCUT2D eigenvalue weighted by molar-refractivity contribution is 5.93. The van der Waals surface area contributed by atoms with E-state index in [1.54, 1.807) is 31.7 Å². The van der Waals surface area contributed by atoms with Gasteiger partial charge in [-0.3, -0.25) is 4.90 Å². The Hall–Kier alpha value is -3.99. The summed E-state index contributed by atoms with van der Waals surface area (Å²) in [5.74, 6) is -0.366. The van der Waals surface area contributed by atoms with Gasteiger partial charge in [-0.05, 0) is 38.5 Å². The van der Waals surface area contributed by atoms with Crippen molar-refractivity contribution in [1.29, 1.82) is 0 Å². The molecule has 4 heterocycles. The van der Waals surface area contributed by atoms with E-state index in [0.29, 0.717) is 11.3 Å². The summed E-state index contributed by atoms with van der Waals surface area (Å²) in [5, 5.41) is 12.4. The van der Waals surface area contributed by atoms with Crippen molar-refractivity contribution in [2.75, 3.05) is 25.2 Å². The minimum atomic E-state index is -1.89. The van der Waals surface area contributed by atoms with Crippen LogP contribution in [0.15, 0.2) is 42.5 Å². The van der Waals surface area contributed by atoms with Gasteiger partial charge in [0.25, 0.3) is 0 Å². The molecule has 200 valence electrons. The Bertz CT molecular complexity index is 1340. The van der Waals surface area contributed by atoms with Crippen molar-refractivity contribution in [3.05, 3.63) is 59.2 Å². The van der Waals surface area contributed by atoms with Gasteiger partial charge < -0.3 is 33.7 Å². The van der Waals surface area contributed by atoms with E-state index in [2.05, 4.69) is 0 Å². The van der Waals surface area contributed by atoms with Gasteiger partial charge in [-0.1, -0.05) is 30.3 Å². The summed E-state index contributed by atoms with van der Waals surface area (Å²) in [5.41, 5.74) is -2.46. The molecule has 3 saturated heterocycles. The summed E-state index contributed by atoms with van der Waals surface area (Å²) in [6.45, 7) is 5.34. The van der Waals surface area contributed by atoms with E-state index in [0.717, 1.165) is 5.56 Å². The van der Waals surface area contributed by atoms with Crippen molar-refractivity contribution >= 4 is 23.9 Å². The van der Waals surface area contributed by atoms with E-state index in [1.807, 2.05) is 30.3 Å². The fraction of sp³-hybridized carbons (Fsp3) is 0.444. The average molecular weight is 525 g/mol. The van der Waals surface area contributed by atoms with Crippen molar-refractivity contribution in [2.45, 2.75) is 56.4 Å². The summed E-state index contributed by atoms with van der Waals surface area (Å²) in [7, 11) is 1.27. The number of aliphatic hydroxyl groups is 1. The van der Waals surface area contributed by atoms with Crippen LogP contribution in [0.3, 0.4) is 0 Å². The number of ether oxygens (including phenoxy) is 5. The van der Waals surface area contributed by atoms with Gasteiger partial charge in [0.05, 0.1) is 30.0 Å². The number of cyclic esters (lactones) is 1. The standard InChI is InChI=1S/C27H28N2O9/c1-25(2,3)37-23(31)29-18-12-28-17-10-16(22(30)34-4)11-19(35-13-15-8-6-5-7-9-15)20(17)26(14-36-24(32)38-26)27(28,33)21(18)29/h5-11,18,21,33H,12-14H2,1-4H3/t18-,21-,26+,27-,29?/m0/s1. The second-order valence-corrected chi connectivity index (χ2v) is 10.8. The molecule has 3 fully saturated rings. The fourth-order valence-electron chi connectivity index (χ4n) is 5.87. The Morgan fingerprint density at radius 2 is 1.92 bits per heavy atom. The highest BCUT2D eigenvalue weighted by atomic mass is 16.8. The second-order valence-electron chi connectivity index (χ2n) is 10.8. The lowest BCUT2D eigenvalue weighted by atomic mass is 9.84. The van der Waals surface area contributed by atoms with Gasteiger partial charge in [-0.25, -0.2) is 14.4 Å². The average Bonchev–Trinajstić information content (AvgIpc) is 3.25. The van der Waals surface area contributed by atoms with Crippen LogP contribution in [-0.4, -0.2) is 71.9 Å². The number of carbonyl (C=O) groups is 3. The zero-order valence-corrected chi connectivity index (χ0v) is 21.4. The van der Waals surface area contributed by atoms with Crippen LogP contribution in [0.1, 0.15) is 42.3 Å². The molecular formula is C27H28N2O9. The number of benzene rings is 2. The number of anilines is 1. The normalized spacial score (nSPS) is 28.3. The molecule has 0 unspecified atom stereocenters. The summed E-state index contributed by atoms with van der Waals surface area (Å²) in [6.07, 6.45) is -1.53. The van der Waals surface area contributed by atoms with Crippen molar-refractivity contribution in [3.8, 4) is 5.75 Å². The maximum Gasteiger partial charge on any atom is 0.509 e. The van der Waals surface area contributed by atoms with Crippen LogP contribution in [-0.2, 0) is 31.2 Å². The van der Waals surface area contributed by atoms with Crippen LogP contribution in [0.25, 0.3) is 0 Å². The van der Waals surface area contributed by atoms with E-state index in [-0.39, 0.29) is 31.1 Å². The molecule has 1 N–H and O–H groups in total. The molecule has 11 heteroatoms. The van der Waals surface area contributed by atoms with E-state index in [1.165, 1.54) is 18.1 Å². The molecule has 0 aliphatic carbocycles. The number of rotatable bonds is 4. The van der Waals surface area contributed by atoms with Crippen LogP contribution < -0.4 is 9.64 Å². The summed E-state index contributed by atoms with van der Waals surface area (Å²) < 4.78 is 27.7. The molecule has 2 aromatic rings. The Kier molecular flexibility index (Phi) is 5.13. The highest BCUT2D eigenvalue weighted by Gasteiger charge is 2.83. The lowest BCUT2D eigenvalue weighted by Crippen LogP contribution is -2.62. The number of nitrogens with zero attached hydrogens (tertiary/aromatic N) is 2. The first kappa shape index (κ1) is 24.4. The molecule has 6 rings (SSSR count).